The Bertz CT molecular complexity index is 903. The Hall–Kier alpha value is -2.48. The summed E-state index contributed by atoms with van der Waals surface area (Å²) >= 11 is 0. The zero-order valence-corrected chi connectivity index (χ0v) is 10.5. The van der Waals surface area contributed by atoms with E-state index < -0.39 is 0 Å². The molecule has 0 amide bonds. The monoisotopic (exact) mass is 248 g/mol. The molecule has 0 spiro atoms. The molecule has 0 unspecified atom stereocenters. The highest BCUT2D eigenvalue weighted by Crippen LogP contribution is 2.32. The summed E-state index contributed by atoms with van der Waals surface area (Å²) in [5, 5.41) is 4.65. The number of furan rings is 1. The fourth-order valence-corrected chi connectivity index (χ4v) is 2.57. The smallest absolute Gasteiger partial charge is 0.136 e. The van der Waals surface area contributed by atoms with Crippen molar-refractivity contribution < 1.29 is 9.15 Å². The van der Waals surface area contributed by atoms with Gasteiger partial charge < -0.3 is 9.15 Å². The lowest BCUT2D eigenvalue weighted by atomic mass is 10.1. The minimum Gasteiger partial charge on any atom is -0.497 e. The second-order valence-corrected chi connectivity index (χ2v) is 4.66. The molecular formula is C17H12O2. The second-order valence-electron chi connectivity index (χ2n) is 4.66. The van der Waals surface area contributed by atoms with E-state index in [0.29, 0.717) is 0 Å². The van der Waals surface area contributed by atoms with Gasteiger partial charge in [-0.2, -0.15) is 0 Å². The Morgan fingerprint density at radius 2 is 1.68 bits per heavy atom. The lowest BCUT2D eigenvalue weighted by Crippen LogP contribution is -1.82. The SMILES string of the molecule is COc1ccc2cc3c(cc2c1)oc1ccccc13. The van der Waals surface area contributed by atoms with Crippen LogP contribution in [0.4, 0.5) is 0 Å². The molecule has 92 valence electrons. The van der Waals surface area contributed by atoms with Gasteiger partial charge in [-0.05, 0) is 41.1 Å². The van der Waals surface area contributed by atoms with E-state index >= 15 is 0 Å². The molecule has 4 aromatic rings. The number of para-hydroxylation sites is 1. The van der Waals surface area contributed by atoms with Gasteiger partial charge in [-0.15, -0.1) is 0 Å². The minimum atomic E-state index is 0.864. The van der Waals surface area contributed by atoms with Crippen LogP contribution in [0.5, 0.6) is 5.75 Å². The van der Waals surface area contributed by atoms with Crippen molar-refractivity contribution in [3.63, 3.8) is 0 Å². The first kappa shape index (κ1) is 10.4. The van der Waals surface area contributed by atoms with Gasteiger partial charge in [0.2, 0.25) is 0 Å². The third-order valence-electron chi connectivity index (χ3n) is 3.54. The molecule has 4 rings (SSSR count). The third kappa shape index (κ3) is 1.50. The highest BCUT2D eigenvalue weighted by atomic mass is 16.5. The normalized spacial score (nSPS) is 11.4. The van der Waals surface area contributed by atoms with Crippen molar-refractivity contribution in [2.24, 2.45) is 0 Å². The molecule has 0 aliphatic rings. The highest BCUT2D eigenvalue weighted by molar-refractivity contribution is 6.10. The topological polar surface area (TPSA) is 22.4 Å². The molecule has 1 heterocycles. The summed E-state index contributed by atoms with van der Waals surface area (Å²) < 4.78 is 11.2. The van der Waals surface area contributed by atoms with Gasteiger partial charge in [0.05, 0.1) is 7.11 Å². The largest absolute Gasteiger partial charge is 0.497 e. The number of benzene rings is 3. The van der Waals surface area contributed by atoms with E-state index in [0.717, 1.165) is 33.1 Å². The first-order valence-electron chi connectivity index (χ1n) is 6.24. The second kappa shape index (κ2) is 3.75. The fourth-order valence-electron chi connectivity index (χ4n) is 2.57. The van der Waals surface area contributed by atoms with Crippen LogP contribution in [0.15, 0.2) is 59.0 Å². The molecule has 2 heteroatoms. The van der Waals surface area contributed by atoms with Gasteiger partial charge in [0, 0.05) is 10.8 Å². The quantitative estimate of drug-likeness (QED) is 0.485. The molecule has 2 nitrogen and oxygen atoms in total. The maximum absolute atomic E-state index is 5.89. The molecular weight excluding hydrogens is 236 g/mol. The first-order chi connectivity index (χ1) is 9.35. The Kier molecular flexibility index (Phi) is 2.06. The lowest BCUT2D eigenvalue weighted by molar-refractivity contribution is 0.415. The minimum absolute atomic E-state index is 0.864. The predicted octanol–water partition coefficient (Wildman–Crippen LogP) is 4.75. The van der Waals surface area contributed by atoms with E-state index in [1.54, 1.807) is 7.11 Å². The van der Waals surface area contributed by atoms with Crippen molar-refractivity contribution >= 4 is 32.7 Å². The summed E-state index contributed by atoms with van der Waals surface area (Å²) in [6, 6.07) is 18.5. The maximum atomic E-state index is 5.89. The highest BCUT2D eigenvalue weighted by Gasteiger charge is 2.07. The summed E-state index contributed by atoms with van der Waals surface area (Å²) in [4.78, 5) is 0. The third-order valence-corrected chi connectivity index (χ3v) is 3.54. The van der Waals surface area contributed by atoms with Crippen LogP contribution in [-0.4, -0.2) is 7.11 Å². The molecule has 3 aromatic carbocycles. The average Bonchev–Trinajstić information content (AvgIpc) is 2.81. The number of fused-ring (bicyclic) bond motifs is 4. The Morgan fingerprint density at radius 3 is 2.58 bits per heavy atom. The summed E-state index contributed by atoms with van der Waals surface area (Å²) in [6.07, 6.45) is 0. The summed E-state index contributed by atoms with van der Waals surface area (Å²) in [5.74, 6) is 0.864. The number of ether oxygens (including phenoxy) is 1. The Morgan fingerprint density at radius 1 is 0.789 bits per heavy atom. The van der Waals surface area contributed by atoms with Gasteiger partial charge in [-0.25, -0.2) is 0 Å². The van der Waals surface area contributed by atoms with Crippen LogP contribution in [0.3, 0.4) is 0 Å². The molecule has 19 heavy (non-hydrogen) atoms. The van der Waals surface area contributed by atoms with Gasteiger partial charge >= 0.3 is 0 Å². The van der Waals surface area contributed by atoms with Crippen LogP contribution in [0.2, 0.25) is 0 Å². The molecule has 0 aliphatic heterocycles. The van der Waals surface area contributed by atoms with Crippen molar-refractivity contribution in [1.82, 2.24) is 0 Å². The molecule has 0 N–H and O–H groups in total. The lowest BCUT2D eigenvalue weighted by Gasteiger charge is -2.02. The van der Waals surface area contributed by atoms with Gasteiger partial charge in [0.15, 0.2) is 0 Å². The number of hydrogen-bond acceptors (Lipinski definition) is 2. The van der Waals surface area contributed by atoms with E-state index in [4.69, 9.17) is 9.15 Å². The fraction of sp³-hybridized carbons (Fsp3) is 0.0588. The molecule has 1 aromatic heterocycles. The number of hydrogen-bond donors (Lipinski definition) is 0. The molecule has 0 atom stereocenters. The van der Waals surface area contributed by atoms with Gasteiger partial charge in [-0.1, -0.05) is 24.3 Å². The number of methoxy groups -OCH3 is 1. The van der Waals surface area contributed by atoms with Crippen molar-refractivity contribution in [3.8, 4) is 5.75 Å². The maximum Gasteiger partial charge on any atom is 0.136 e. The molecule has 0 saturated heterocycles. The average molecular weight is 248 g/mol. The van der Waals surface area contributed by atoms with E-state index in [-0.39, 0.29) is 0 Å². The van der Waals surface area contributed by atoms with Crippen LogP contribution < -0.4 is 4.74 Å². The van der Waals surface area contributed by atoms with Crippen LogP contribution in [0, 0.1) is 0 Å². The van der Waals surface area contributed by atoms with Gasteiger partial charge in [0.25, 0.3) is 0 Å². The van der Waals surface area contributed by atoms with Crippen molar-refractivity contribution in [2.45, 2.75) is 0 Å². The predicted molar refractivity (Wildman–Crippen MR) is 77.8 cm³/mol. The van der Waals surface area contributed by atoms with Gasteiger partial charge in [0.1, 0.15) is 16.9 Å². The summed E-state index contributed by atoms with van der Waals surface area (Å²) in [6.45, 7) is 0. The van der Waals surface area contributed by atoms with Crippen LogP contribution in [0.25, 0.3) is 32.7 Å². The van der Waals surface area contributed by atoms with Crippen LogP contribution in [-0.2, 0) is 0 Å². The standard InChI is InChI=1S/C17H12O2/c1-18-13-7-6-11-9-15-14-4-2-3-5-16(14)19-17(15)10-12(11)8-13/h2-10H,1H3. The molecule has 0 saturated carbocycles. The van der Waals surface area contributed by atoms with Crippen molar-refractivity contribution in [2.75, 3.05) is 7.11 Å². The van der Waals surface area contributed by atoms with Crippen molar-refractivity contribution in [1.29, 1.82) is 0 Å². The van der Waals surface area contributed by atoms with E-state index in [1.165, 1.54) is 5.39 Å². The van der Waals surface area contributed by atoms with Gasteiger partial charge in [-0.3, -0.25) is 0 Å². The molecule has 0 radical (unpaired) electrons. The summed E-state index contributed by atoms with van der Waals surface area (Å²) in [7, 11) is 1.68. The first-order valence-corrected chi connectivity index (χ1v) is 6.24. The Balaban J connectivity index is 2.15. The van der Waals surface area contributed by atoms with Crippen LogP contribution in [0.1, 0.15) is 0 Å². The van der Waals surface area contributed by atoms with E-state index in [9.17, 15) is 0 Å². The molecule has 0 bridgehead atoms. The molecule has 0 aliphatic carbocycles. The van der Waals surface area contributed by atoms with Crippen molar-refractivity contribution in [3.05, 3.63) is 54.6 Å². The van der Waals surface area contributed by atoms with E-state index in [2.05, 4.69) is 24.3 Å². The van der Waals surface area contributed by atoms with Crippen LogP contribution >= 0.6 is 0 Å². The van der Waals surface area contributed by atoms with E-state index in [1.807, 2.05) is 30.3 Å². The zero-order chi connectivity index (χ0) is 12.8. The Labute approximate surface area is 110 Å². The molecule has 0 fully saturated rings. The number of rotatable bonds is 1. The summed E-state index contributed by atoms with van der Waals surface area (Å²) in [5.41, 5.74) is 1.85. The zero-order valence-electron chi connectivity index (χ0n) is 10.5.